The maximum Gasteiger partial charge on any atom is 0.255 e. The minimum absolute atomic E-state index is 0.155. The third-order valence-electron chi connectivity index (χ3n) is 9.03. The lowest BCUT2D eigenvalue weighted by atomic mass is 10.0. The van der Waals surface area contributed by atoms with Crippen LogP contribution in [0, 0.1) is 18.3 Å². The summed E-state index contributed by atoms with van der Waals surface area (Å²) in [7, 11) is 1.64. The lowest BCUT2D eigenvalue weighted by Gasteiger charge is -2.43. The number of aliphatic hydroxyl groups is 2. The van der Waals surface area contributed by atoms with Gasteiger partial charge in [0.05, 0.1) is 44.0 Å². The Morgan fingerprint density at radius 1 is 1.24 bits per heavy atom. The molecule has 1 aromatic rings. The highest BCUT2D eigenvalue weighted by atomic mass is 19.1. The van der Waals surface area contributed by atoms with Gasteiger partial charge >= 0.3 is 0 Å². The van der Waals surface area contributed by atoms with Crippen LogP contribution in [0.25, 0.3) is 0 Å². The fraction of sp³-hybridized carbons (Fsp3) is 0.486. The molecule has 3 atom stereocenters. The third-order valence-corrected chi connectivity index (χ3v) is 9.03. The summed E-state index contributed by atoms with van der Waals surface area (Å²) in [6.45, 7) is 7.99. The molecule has 1 aliphatic carbocycles. The van der Waals surface area contributed by atoms with Crippen molar-refractivity contribution >= 4 is 29.5 Å². The van der Waals surface area contributed by atoms with Gasteiger partial charge in [0.2, 0.25) is 0 Å². The monoisotopic (exact) mass is 676 g/mol. The Morgan fingerprint density at radius 3 is 2.69 bits per heavy atom. The number of benzene rings is 1. The van der Waals surface area contributed by atoms with Crippen LogP contribution < -0.4 is 15.5 Å². The molecule has 0 radical (unpaired) electrons. The van der Waals surface area contributed by atoms with Crippen molar-refractivity contribution in [3.05, 3.63) is 71.2 Å². The van der Waals surface area contributed by atoms with Gasteiger partial charge in [-0.15, -0.1) is 0 Å². The lowest BCUT2D eigenvalue weighted by Crippen LogP contribution is -2.56. The summed E-state index contributed by atoms with van der Waals surface area (Å²) in [5.74, 6) is 0.0434. The van der Waals surface area contributed by atoms with E-state index >= 15 is 4.39 Å². The standard InChI is InChI=1S/C35H45FN8O5/c1-24-16-27(6-7-30(24)43-13-11-42(12-14-43)28-20-48-21-28)39-23-41-34(40-22-38-2)25-4-3-5-32(26(17-25)18-37)49-33-8-10-44(19-29(33)36)35(47)31(46)9-15-45/h4-7,9,15-17,22,28-29,31,33,39,45-46H,3,8,10-14,19-21,23H2,1-2H3,(H,38,40,41)/b15-9+/t29-,31+,33+/m1/s1. The van der Waals surface area contributed by atoms with Gasteiger partial charge in [0.1, 0.15) is 30.4 Å². The summed E-state index contributed by atoms with van der Waals surface area (Å²) in [5, 5.41) is 35.1. The second-order valence-electron chi connectivity index (χ2n) is 12.3. The Balaban J connectivity index is 1.19. The topological polar surface area (TPSA) is 158 Å². The highest BCUT2D eigenvalue weighted by Gasteiger charge is 2.35. The van der Waals surface area contributed by atoms with Crippen LogP contribution in [-0.4, -0.2) is 129 Å². The van der Waals surface area contributed by atoms with Crippen molar-refractivity contribution in [3.63, 3.8) is 0 Å². The van der Waals surface area contributed by atoms with E-state index in [0.29, 0.717) is 30.1 Å². The van der Waals surface area contributed by atoms with E-state index in [4.69, 9.17) is 19.6 Å². The number of halogens is 1. The van der Waals surface area contributed by atoms with Crippen molar-refractivity contribution in [2.45, 2.75) is 44.2 Å². The van der Waals surface area contributed by atoms with E-state index in [-0.39, 0.29) is 37.5 Å². The van der Waals surface area contributed by atoms with E-state index in [9.17, 15) is 15.2 Å². The largest absolute Gasteiger partial charge is 0.516 e. The number of allylic oxidation sites excluding steroid dienone is 3. The number of alkyl halides is 1. The number of likely N-dealkylation sites (tertiary alicyclic amines) is 1. The number of aryl methyl sites for hydroxylation is 1. The van der Waals surface area contributed by atoms with Crippen molar-refractivity contribution < 1.29 is 28.9 Å². The van der Waals surface area contributed by atoms with Crippen LogP contribution in [0.15, 0.2) is 75.7 Å². The molecule has 262 valence electrons. The zero-order chi connectivity index (χ0) is 34.8. The quantitative estimate of drug-likeness (QED) is 0.156. The molecule has 3 aliphatic heterocycles. The minimum Gasteiger partial charge on any atom is -0.516 e. The molecule has 49 heavy (non-hydrogen) atoms. The van der Waals surface area contributed by atoms with Gasteiger partial charge < -0.3 is 40.1 Å². The molecule has 1 amide bonds. The molecule has 3 saturated heterocycles. The number of hydrogen-bond acceptors (Lipinski definition) is 11. The average molecular weight is 677 g/mol. The van der Waals surface area contributed by atoms with E-state index in [1.165, 1.54) is 22.5 Å². The molecule has 14 heteroatoms. The molecule has 1 aromatic carbocycles. The highest BCUT2D eigenvalue weighted by Crippen LogP contribution is 2.28. The number of nitriles is 1. The fourth-order valence-electron chi connectivity index (χ4n) is 6.22. The van der Waals surface area contributed by atoms with Crippen LogP contribution in [0.4, 0.5) is 15.8 Å². The number of piperazine rings is 1. The number of nitrogens with zero attached hydrogens (tertiary/aromatic N) is 6. The van der Waals surface area contributed by atoms with Crippen molar-refractivity contribution in [3.8, 4) is 6.07 Å². The zero-order valence-corrected chi connectivity index (χ0v) is 28.0. The Kier molecular flexibility index (Phi) is 12.4. The average Bonchev–Trinajstić information content (AvgIpc) is 3.28. The maximum atomic E-state index is 15.1. The van der Waals surface area contributed by atoms with Gasteiger partial charge in [0, 0.05) is 63.1 Å². The highest BCUT2D eigenvalue weighted by molar-refractivity contribution is 6.06. The summed E-state index contributed by atoms with van der Waals surface area (Å²) in [5.41, 5.74) is 4.21. The van der Waals surface area contributed by atoms with Crippen LogP contribution in [0.1, 0.15) is 18.4 Å². The molecule has 13 nitrogen and oxygen atoms in total. The molecule has 3 fully saturated rings. The summed E-state index contributed by atoms with van der Waals surface area (Å²) >= 11 is 0. The molecule has 0 unspecified atom stereocenters. The number of carbonyl (C=O) groups is 1. The van der Waals surface area contributed by atoms with Crippen molar-refractivity contribution in [2.24, 2.45) is 9.98 Å². The SMILES string of the molecule is CN=CNC(=NCNc1ccc(N2CCN(C3COC3)CC2)c(C)c1)C1=CCC=C(O[C@H]2CCN(C(=O)[C@@H](O)/C=C/O)C[C@H]2F)C(C#N)=C1. The smallest absolute Gasteiger partial charge is 0.255 e. The molecule has 3 heterocycles. The minimum atomic E-state index is -1.55. The number of ether oxygens (including phenoxy) is 2. The number of carbonyl (C=O) groups excluding carboxylic acids is 1. The second-order valence-corrected chi connectivity index (χ2v) is 12.3. The Labute approximate surface area is 286 Å². The molecule has 0 spiro atoms. The van der Waals surface area contributed by atoms with Gasteiger partial charge in [-0.1, -0.05) is 6.08 Å². The van der Waals surface area contributed by atoms with Crippen molar-refractivity contribution in [1.29, 1.82) is 5.26 Å². The number of aliphatic hydroxyl groups excluding tert-OH is 2. The number of aliphatic imine (C=N–C) groups is 2. The van der Waals surface area contributed by atoms with Gasteiger partial charge in [-0.3, -0.25) is 14.7 Å². The number of hydrogen-bond donors (Lipinski definition) is 4. The van der Waals surface area contributed by atoms with E-state index < -0.39 is 24.3 Å². The summed E-state index contributed by atoms with van der Waals surface area (Å²) in [6, 6.07) is 9.06. The number of anilines is 2. The molecule has 0 saturated carbocycles. The van der Waals surface area contributed by atoms with Crippen LogP contribution in [0.2, 0.25) is 0 Å². The fourth-order valence-corrected chi connectivity index (χ4v) is 6.22. The first-order valence-electron chi connectivity index (χ1n) is 16.6. The van der Waals surface area contributed by atoms with Gasteiger partial charge in [-0.2, -0.15) is 5.26 Å². The van der Waals surface area contributed by atoms with Crippen LogP contribution in [0.5, 0.6) is 0 Å². The Morgan fingerprint density at radius 2 is 2.04 bits per heavy atom. The number of piperidine rings is 1. The molecular formula is C35H45FN8O5. The van der Waals surface area contributed by atoms with Gasteiger partial charge in [-0.25, -0.2) is 9.38 Å². The molecule has 0 bridgehead atoms. The van der Waals surface area contributed by atoms with E-state index in [2.05, 4.69) is 56.6 Å². The molecular weight excluding hydrogens is 631 g/mol. The van der Waals surface area contributed by atoms with Gasteiger partial charge in [0.15, 0.2) is 12.3 Å². The number of rotatable bonds is 11. The predicted octanol–water partition coefficient (Wildman–Crippen LogP) is 2.58. The molecule has 5 rings (SSSR count). The summed E-state index contributed by atoms with van der Waals surface area (Å²) in [4.78, 5) is 27.2. The Bertz CT molecular complexity index is 1550. The number of amides is 1. The number of amidine groups is 1. The van der Waals surface area contributed by atoms with Crippen molar-refractivity contribution in [1.82, 2.24) is 15.1 Å². The summed E-state index contributed by atoms with van der Waals surface area (Å²) < 4.78 is 26.5. The molecule has 4 N–H and O–H groups in total. The first kappa shape index (κ1) is 35.6. The second kappa shape index (κ2) is 17.1. The van der Waals surface area contributed by atoms with Crippen molar-refractivity contribution in [2.75, 3.05) is 76.4 Å². The first-order chi connectivity index (χ1) is 23.8. The normalized spacial score (nSPS) is 23.2. The van der Waals surface area contributed by atoms with E-state index in [1.807, 2.05) is 6.08 Å². The summed E-state index contributed by atoms with van der Waals surface area (Å²) in [6.07, 6.45) is 4.87. The third kappa shape index (κ3) is 9.05. The van der Waals surface area contributed by atoms with Gasteiger partial charge in [-0.05, 0) is 55.3 Å². The molecule has 0 aromatic heterocycles. The number of nitrogens with one attached hydrogen (secondary N) is 2. The first-order valence-corrected chi connectivity index (χ1v) is 16.6. The van der Waals surface area contributed by atoms with Crippen LogP contribution in [-0.2, 0) is 14.3 Å². The van der Waals surface area contributed by atoms with Gasteiger partial charge in [0.25, 0.3) is 5.91 Å². The van der Waals surface area contributed by atoms with E-state index in [1.54, 1.807) is 19.2 Å². The maximum absolute atomic E-state index is 15.1. The van der Waals surface area contributed by atoms with Crippen LogP contribution in [0.3, 0.4) is 0 Å². The van der Waals surface area contributed by atoms with E-state index in [0.717, 1.165) is 51.2 Å². The van der Waals surface area contributed by atoms with Crippen LogP contribution >= 0.6 is 0 Å². The lowest BCUT2D eigenvalue weighted by molar-refractivity contribution is -0.142. The predicted molar refractivity (Wildman–Crippen MR) is 186 cm³/mol. The molecule has 4 aliphatic rings. The Hall–Kier alpha value is -4.71. The zero-order valence-electron chi connectivity index (χ0n) is 28.0.